The second-order valence-corrected chi connectivity index (χ2v) is 7.14. The van der Waals surface area contributed by atoms with E-state index in [4.69, 9.17) is 0 Å². The number of nitrogens with zero attached hydrogens (tertiary/aromatic N) is 2. The lowest BCUT2D eigenvalue weighted by Gasteiger charge is -2.51. The fourth-order valence-electron chi connectivity index (χ4n) is 2.25. The van der Waals surface area contributed by atoms with Gasteiger partial charge in [-0.2, -0.15) is 0 Å². The zero-order valence-electron chi connectivity index (χ0n) is 7.67. The van der Waals surface area contributed by atoms with Gasteiger partial charge in [0, 0.05) is 6.04 Å². The van der Waals surface area contributed by atoms with E-state index in [1.807, 2.05) is 0 Å². The summed E-state index contributed by atoms with van der Waals surface area (Å²) in [4.78, 5) is 0. The van der Waals surface area contributed by atoms with Crippen LogP contribution in [0.4, 0.5) is 0 Å². The van der Waals surface area contributed by atoms with Gasteiger partial charge in [-0.3, -0.25) is 9.13 Å². The molecule has 4 heteroatoms. The van der Waals surface area contributed by atoms with Gasteiger partial charge in [0.2, 0.25) is 0 Å². The first-order valence-corrected chi connectivity index (χ1v) is 7.40. The average Bonchev–Trinajstić information content (AvgIpc) is 2.15. The summed E-state index contributed by atoms with van der Waals surface area (Å²) in [5.74, 6) is 0. The summed E-state index contributed by atoms with van der Waals surface area (Å²) in [6.45, 7) is 0. The van der Waals surface area contributed by atoms with Crippen molar-refractivity contribution in [1.29, 1.82) is 0 Å². The van der Waals surface area contributed by atoms with E-state index in [9.17, 15) is 0 Å². The normalized spacial score (nSPS) is 37.0. The second kappa shape index (κ2) is 3.94. The Bertz CT molecular complexity index is 158. The van der Waals surface area contributed by atoms with E-state index in [1.54, 1.807) is 0 Å². The molecule has 2 nitrogen and oxygen atoms in total. The first-order chi connectivity index (χ1) is 5.79. The van der Waals surface area contributed by atoms with E-state index in [1.165, 1.54) is 32.1 Å². The number of halogens is 1. The molecule has 1 unspecified atom stereocenters. The van der Waals surface area contributed by atoms with Crippen LogP contribution in [0.1, 0.15) is 32.1 Å². The number of rotatable bonds is 1. The lowest BCUT2D eigenvalue weighted by molar-refractivity contribution is 0.133. The second-order valence-electron chi connectivity index (χ2n) is 4.02. The number of hydrogen-bond acceptors (Lipinski definition) is 2. The monoisotopic (exact) mass is 296 g/mol. The summed E-state index contributed by atoms with van der Waals surface area (Å²) >= 11 is 2.57. The Kier molecular flexibility index (Phi) is 3.09. The predicted molar refractivity (Wildman–Crippen MR) is 62.8 cm³/mol. The molecule has 1 atom stereocenters. The molecular weight excluding hydrogens is 279 g/mol. The van der Waals surface area contributed by atoms with Crippen molar-refractivity contribution in [3.8, 4) is 0 Å². The van der Waals surface area contributed by atoms with Gasteiger partial charge in [0.15, 0.2) is 9.84 Å². The third-order valence-corrected chi connectivity index (χ3v) is 8.20. The summed E-state index contributed by atoms with van der Waals surface area (Å²) in [6.07, 6.45) is 7.37. The van der Waals surface area contributed by atoms with Crippen LogP contribution in [0.2, 0.25) is 0 Å². The van der Waals surface area contributed by atoms with Crippen LogP contribution >= 0.6 is 22.6 Å². The molecule has 1 heterocycles. The van der Waals surface area contributed by atoms with Crippen LogP contribution in [0.3, 0.4) is 0 Å². The van der Waals surface area contributed by atoms with E-state index in [0.29, 0.717) is 0 Å². The molecule has 0 spiro atoms. The van der Waals surface area contributed by atoms with Crippen molar-refractivity contribution in [2.45, 2.75) is 42.3 Å². The van der Waals surface area contributed by atoms with Gasteiger partial charge in [-0.25, -0.2) is 0 Å². The van der Waals surface area contributed by atoms with Gasteiger partial charge >= 0.3 is 0 Å². The molecule has 0 aromatic carbocycles. The largest absolute Gasteiger partial charge is 0.296 e. The van der Waals surface area contributed by atoms with E-state index < -0.39 is 0 Å². The standard InChI is InChI=1S/C8H17IN2Si/c1-10-8(9)11(12-10)7-5-3-2-4-6-7/h7-8H,2-6,12H2,1H3. The molecule has 1 aliphatic carbocycles. The molecule has 1 aliphatic heterocycles. The van der Waals surface area contributed by atoms with Gasteiger partial charge in [0.1, 0.15) is 4.17 Å². The molecule has 1 saturated heterocycles. The fourth-order valence-corrected chi connectivity index (χ4v) is 5.32. The SMILES string of the molecule is CN1[SiH2]N(C2CCCCC2)C1I. The Hall–Kier alpha value is 0.867. The predicted octanol–water partition coefficient (Wildman–Crippen LogP) is 1.28. The molecule has 0 N–H and O–H groups in total. The summed E-state index contributed by atoms with van der Waals surface area (Å²) in [6, 6.07) is 0.962. The Labute approximate surface area is 90.8 Å². The molecule has 0 amide bonds. The highest BCUT2D eigenvalue weighted by Gasteiger charge is 2.36. The molecule has 2 fully saturated rings. The maximum Gasteiger partial charge on any atom is 0.176 e. The van der Waals surface area contributed by atoms with E-state index in [-0.39, 0.29) is 9.84 Å². The van der Waals surface area contributed by atoms with Crippen LogP contribution in [0, 0.1) is 0 Å². The number of alkyl halides is 1. The molecule has 0 aromatic heterocycles. The molecule has 12 heavy (non-hydrogen) atoms. The molecule has 0 bridgehead atoms. The summed E-state index contributed by atoms with van der Waals surface area (Å²) in [5, 5.41) is 0. The Balaban J connectivity index is 1.84. The maximum absolute atomic E-state index is 2.78. The van der Waals surface area contributed by atoms with Crippen LogP contribution < -0.4 is 0 Å². The topological polar surface area (TPSA) is 6.48 Å². The van der Waals surface area contributed by atoms with E-state index in [0.717, 1.165) is 10.2 Å². The Morgan fingerprint density at radius 1 is 1.25 bits per heavy atom. The van der Waals surface area contributed by atoms with Gasteiger partial charge in [-0.05, 0) is 42.5 Å². The van der Waals surface area contributed by atoms with Gasteiger partial charge in [0.05, 0.1) is 0 Å². The van der Waals surface area contributed by atoms with Crippen molar-refractivity contribution in [3.63, 3.8) is 0 Å². The molecule has 0 aromatic rings. The third-order valence-electron chi connectivity index (χ3n) is 3.07. The average molecular weight is 296 g/mol. The van der Waals surface area contributed by atoms with Crippen molar-refractivity contribution in [3.05, 3.63) is 0 Å². The van der Waals surface area contributed by atoms with E-state index >= 15 is 0 Å². The first kappa shape index (κ1) is 9.42. The Morgan fingerprint density at radius 2 is 1.92 bits per heavy atom. The van der Waals surface area contributed by atoms with Crippen LogP contribution in [-0.4, -0.2) is 36.2 Å². The van der Waals surface area contributed by atoms with Crippen molar-refractivity contribution in [1.82, 2.24) is 9.13 Å². The van der Waals surface area contributed by atoms with E-state index in [2.05, 4.69) is 38.8 Å². The van der Waals surface area contributed by atoms with Crippen molar-refractivity contribution >= 4 is 32.4 Å². The van der Waals surface area contributed by atoms with Crippen LogP contribution in [0.25, 0.3) is 0 Å². The zero-order chi connectivity index (χ0) is 8.55. The minimum Gasteiger partial charge on any atom is -0.296 e. The lowest BCUT2D eigenvalue weighted by atomic mass is 9.96. The van der Waals surface area contributed by atoms with Crippen LogP contribution in [0.5, 0.6) is 0 Å². The summed E-state index contributed by atoms with van der Waals surface area (Å²) < 4.78 is 6.05. The van der Waals surface area contributed by atoms with Crippen LogP contribution in [0.15, 0.2) is 0 Å². The minimum atomic E-state index is 0.0102. The van der Waals surface area contributed by atoms with Gasteiger partial charge in [0.25, 0.3) is 0 Å². The molecule has 70 valence electrons. The molecule has 2 rings (SSSR count). The highest BCUT2D eigenvalue weighted by atomic mass is 127. The summed E-state index contributed by atoms with van der Waals surface area (Å²) in [5.41, 5.74) is 0. The van der Waals surface area contributed by atoms with Crippen molar-refractivity contribution in [2.24, 2.45) is 0 Å². The van der Waals surface area contributed by atoms with Gasteiger partial charge in [-0.1, -0.05) is 19.3 Å². The molecular formula is C8H17IN2Si. The highest BCUT2D eigenvalue weighted by molar-refractivity contribution is 14.1. The highest BCUT2D eigenvalue weighted by Crippen LogP contribution is 2.30. The molecule has 1 saturated carbocycles. The third kappa shape index (κ3) is 1.71. The Morgan fingerprint density at radius 3 is 2.42 bits per heavy atom. The number of hydrogen-bond donors (Lipinski definition) is 0. The zero-order valence-corrected chi connectivity index (χ0v) is 11.2. The fraction of sp³-hybridized carbons (Fsp3) is 1.00. The smallest absolute Gasteiger partial charge is 0.176 e. The quantitative estimate of drug-likeness (QED) is 0.311. The minimum absolute atomic E-state index is 0.0102. The van der Waals surface area contributed by atoms with Crippen LogP contribution in [-0.2, 0) is 0 Å². The molecule has 2 aliphatic rings. The first-order valence-electron chi connectivity index (χ1n) is 4.89. The molecule has 0 radical (unpaired) electrons. The van der Waals surface area contributed by atoms with Gasteiger partial charge < -0.3 is 0 Å². The van der Waals surface area contributed by atoms with Crippen molar-refractivity contribution < 1.29 is 0 Å². The van der Waals surface area contributed by atoms with Gasteiger partial charge in [-0.15, -0.1) is 0 Å². The summed E-state index contributed by atoms with van der Waals surface area (Å²) in [7, 11) is 2.28. The maximum atomic E-state index is 2.78. The lowest BCUT2D eigenvalue weighted by Crippen LogP contribution is -2.65. The van der Waals surface area contributed by atoms with Crippen molar-refractivity contribution in [2.75, 3.05) is 7.05 Å².